The zero-order valence-electron chi connectivity index (χ0n) is 21.1. The highest BCUT2D eigenvalue weighted by molar-refractivity contribution is 6.31. The molecule has 12 nitrogen and oxygen atoms in total. The Hall–Kier alpha value is -5.00. The molecular formula is C26H23N5O7. The number of carbonyl (C=O) groups is 3. The summed E-state index contributed by atoms with van der Waals surface area (Å²) in [6.07, 6.45) is 2.56. The average Bonchev–Trinajstić information content (AvgIpc) is 3.50. The normalized spacial score (nSPS) is 19.3. The highest BCUT2D eigenvalue weighted by Gasteiger charge is 2.56. The van der Waals surface area contributed by atoms with Crippen molar-refractivity contribution in [3.05, 3.63) is 64.3 Å². The van der Waals surface area contributed by atoms with E-state index in [1.54, 1.807) is 25.1 Å². The fourth-order valence-corrected chi connectivity index (χ4v) is 4.86. The number of aromatic nitrogens is 4. The Kier molecular flexibility index (Phi) is 5.55. The van der Waals surface area contributed by atoms with Crippen LogP contribution in [0.25, 0.3) is 5.69 Å². The summed E-state index contributed by atoms with van der Waals surface area (Å²) in [5, 5.41) is 35.7. The number of ether oxygens (including phenoxy) is 2. The van der Waals surface area contributed by atoms with Crippen LogP contribution in [0.3, 0.4) is 0 Å². The molecule has 38 heavy (non-hydrogen) atoms. The van der Waals surface area contributed by atoms with Gasteiger partial charge in [0.15, 0.2) is 17.3 Å². The Morgan fingerprint density at radius 2 is 1.92 bits per heavy atom. The molecule has 1 unspecified atom stereocenters. The number of ketones is 3. The van der Waals surface area contributed by atoms with Gasteiger partial charge in [0.25, 0.3) is 0 Å². The van der Waals surface area contributed by atoms with E-state index in [1.807, 2.05) is 0 Å². The number of Topliss-reactive ketones (excluding diaryl/α,β-unsaturated/α-hetero) is 2. The number of methoxy groups -OCH3 is 1. The number of benzene rings is 2. The van der Waals surface area contributed by atoms with Crippen molar-refractivity contribution in [2.75, 3.05) is 12.4 Å². The molecule has 0 bridgehead atoms. The first-order valence-corrected chi connectivity index (χ1v) is 11.5. The monoisotopic (exact) mass is 517 g/mol. The molecule has 0 radical (unpaired) electrons. The number of fused-ring (bicyclic) bond motifs is 3. The second kappa shape index (κ2) is 8.54. The maximum absolute atomic E-state index is 14.0. The number of nitrogens with zero attached hydrogens (tertiary/aromatic N) is 4. The van der Waals surface area contributed by atoms with Gasteiger partial charge in [0.05, 0.1) is 18.2 Å². The number of anilines is 1. The number of rotatable bonds is 5. The number of hydrogen-bond donors (Lipinski definition) is 3. The van der Waals surface area contributed by atoms with E-state index in [2.05, 4.69) is 20.8 Å². The number of hydrogen-bond acceptors (Lipinski definition) is 11. The molecule has 0 saturated heterocycles. The third kappa shape index (κ3) is 3.37. The zero-order chi connectivity index (χ0) is 27.5. The lowest BCUT2D eigenvalue weighted by Crippen LogP contribution is -2.40. The van der Waals surface area contributed by atoms with Crippen molar-refractivity contribution in [2.45, 2.75) is 33.1 Å². The highest BCUT2D eigenvalue weighted by Crippen LogP contribution is 2.57. The molecule has 1 aliphatic heterocycles. The largest absolute Gasteiger partial charge is 0.507 e. The van der Waals surface area contributed by atoms with Crippen molar-refractivity contribution in [2.24, 2.45) is 0 Å². The van der Waals surface area contributed by atoms with Crippen LogP contribution in [-0.2, 0) is 15.0 Å². The second-order valence-corrected chi connectivity index (χ2v) is 9.15. The molecule has 0 fully saturated rings. The lowest BCUT2D eigenvalue weighted by Gasteiger charge is -2.29. The zero-order valence-corrected chi connectivity index (χ0v) is 21.1. The van der Waals surface area contributed by atoms with Crippen LogP contribution in [0.15, 0.2) is 47.6 Å². The molecule has 1 aliphatic carbocycles. The van der Waals surface area contributed by atoms with E-state index in [1.165, 1.54) is 38.9 Å². The van der Waals surface area contributed by atoms with Gasteiger partial charge in [-0.2, -0.15) is 4.68 Å². The summed E-state index contributed by atoms with van der Waals surface area (Å²) >= 11 is 0. The van der Waals surface area contributed by atoms with Crippen LogP contribution in [0, 0.1) is 6.92 Å². The number of phenols is 2. The topological polar surface area (TPSA) is 166 Å². The van der Waals surface area contributed by atoms with Crippen LogP contribution in [0.2, 0.25) is 0 Å². The highest BCUT2D eigenvalue weighted by atomic mass is 16.5. The summed E-state index contributed by atoms with van der Waals surface area (Å²) in [4.78, 5) is 39.5. The SMILES string of the molecule is COc1ccc(NC(C)=C2C(=O)C=C3Oc4c(C(C)=O)c(O)c(C)c(O)c4C3(C)C2=O)cc1-n1cnnn1. The lowest BCUT2D eigenvalue weighted by molar-refractivity contribution is -0.123. The Morgan fingerprint density at radius 3 is 2.55 bits per heavy atom. The number of aromatic hydroxyl groups is 2. The van der Waals surface area contributed by atoms with Crippen molar-refractivity contribution in [1.29, 1.82) is 0 Å². The maximum atomic E-state index is 14.0. The minimum atomic E-state index is -1.61. The van der Waals surface area contributed by atoms with Crippen molar-refractivity contribution < 1.29 is 34.1 Å². The van der Waals surface area contributed by atoms with Crippen molar-refractivity contribution in [1.82, 2.24) is 20.2 Å². The van der Waals surface area contributed by atoms with Gasteiger partial charge in [-0.05, 0) is 56.3 Å². The third-order valence-electron chi connectivity index (χ3n) is 6.87. The predicted octanol–water partition coefficient (Wildman–Crippen LogP) is 2.67. The number of nitrogens with one attached hydrogen (secondary N) is 1. The minimum Gasteiger partial charge on any atom is -0.507 e. The molecule has 0 saturated carbocycles. The predicted molar refractivity (Wildman–Crippen MR) is 133 cm³/mol. The Bertz CT molecular complexity index is 1620. The van der Waals surface area contributed by atoms with E-state index in [9.17, 15) is 24.6 Å². The first-order chi connectivity index (χ1) is 18.0. The second-order valence-electron chi connectivity index (χ2n) is 9.15. The molecule has 2 aliphatic rings. The van der Waals surface area contributed by atoms with E-state index < -0.39 is 28.5 Å². The van der Waals surface area contributed by atoms with Gasteiger partial charge >= 0.3 is 0 Å². The van der Waals surface area contributed by atoms with Gasteiger partial charge in [-0.25, -0.2) is 0 Å². The number of phenolic OH excluding ortho intramolecular Hbond substituents is 2. The average molecular weight is 517 g/mol. The minimum absolute atomic E-state index is 0.0254. The van der Waals surface area contributed by atoms with Gasteiger partial charge in [0.2, 0.25) is 0 Å². The Balaban J connectivity index is 1.62. The molecule has 3 N–H and O–H groups in total. The molecule has 12 heteroatoms. The fourth-order valence-electron chi connectivity index (χ4n) is 4.86. The van der Waals surface area contributed by atoms with Gasteiger partial charge in [0.1, 0.15) is 51.8 Å². The van der Waals surface area contributed by atoms with Gasteiger partial charge in [0, 0.05) is 23.0 Å². The van der Waals surface area contributed by atoms with Crippen LogP contribution < -0.4 is 14.8 Å². The number of allylic oxidation sites excluding steroid dienone is 4. The molecule has 1 aromatic heterocycles. The smallest absolute Gasteiger partial charge is 0.194 e. The summed E-state index contributed by atoms with van der Waals surface area (Å²) < 4.78 is 12.6. The third-order valence-corrected chi connectivity index (χ3v) is 6.87. The molecule has 2 heterocycles. The number of carbonyl (C=O) groups excluding carboxylic acids is 3. The van der Waals surface area contributed by atoms with E-state index in [0.29, 0.717) is 17.1 Å². The fraction of sp³-hybridized carbons (Fsp3) is 0.231. The molecule has 0 amide bonds. The molecule has 194 valence electrons. The molecule has 1 atom stereocenters. The molecule has 5 rings (SSSR count). The maximum Gasteiger partial charge on any atom is 0.194 e. The Labute approximate surface area is 216 Å². The van der Waals surface area contributed by atoms with E-state index in [-0.39, 0.29) is 45.2 Å². The van der Waals surface area contributed by atoms with Crippen LogP contribution >= 0.6 is 0 Å². The standard InChI is InChI=1S/C26H23N5O7/c1-11-22(34)20(13(3)32)24-21(23(11)35)26(4)18(38-24)9-16(33)19(25(26)36)12(2)28-14-6-7-17(37-5)15(8-14)31-10-27-29-30-31/h6-10,28,34-35H,1-5H3. The molecule has 0 spiro atoms. The van der Waals surface area contributed by atoms with E-state index in [0.717, 1.165) is 6.08 Å². The summed E-state index contributed by atoms with van der Waals surface area (Å²) in [5.41, 5.74) is -0.581. The lowest BCUT2D eigenvalue weighted by atomic mass is 9.70. The Morgan fingerprint density at radius 1 is 1.18 bits per heavy atom. The summed E-state index contributed by atoms with van der Waals surface area (Å²) in [5.74, 6) is -2.27. The van der Waals surface area contributed by atoms with Gasteiger partial charge in [-0.15, -0.1) is 5.10 Å². The van der Waals surface area contributed by atoms with Crippen LogP contribution in [0.5, 0.6) is 23.0 Å². The molecule has 2 aromatic carbocycles. The van der Waals surface area contributed by atoms with Crippen LogP contribution in [0.1, 0.15) is 42.3 Å². The van der Waals surface area contributed by atoms with Crippen LogP contribution in [0.4, 0.5) is 5.69 Å². The van der Waals surface area contributed by atoms with Gasteiger partial charge in [-0.3, -0.25) is 14.4 Å². The summed E-state index contributed by atoms with van der Waals surface area (Å²) in [6.45, 7) is 5.75. The van der Waals surface area contributed by atoms with Crippen molar-refractivity contribution in [3.63, 3.8) is 0 Å². The first-order valence-electron chi connectivity index (χ1n) is 11.5. The quantitative estimate of drug-likeness (QED) is 0.259. The summed E-state index contributed by atoms with van der Waals surface area (Å²) in [6, 6.07) is 5.06. The van der Waals surface area contributed by atoms with Crippen LogP contribution in [-0.4, -0.2) is 54.9 Å². The first kappa shape index (κ1) is 24.7. The summed E-state index contributed by atoms with van der Waals surface area (Å²) in [7, 11) is 1.50. The van der Waals surface area contributed by atoms with Crippen molar-refractivity contribution in [3.8, 4) is 28.7 Å². The molecular weight excluding hydrogens is 494 g/mol. The van der Waals surface area contributed by atoms with Gasteiger partial charge in [-0.1, -0.05) is 0 Å². The molecule has 3 aromatic rings. The van der Waals surface area contributed by atoms with Crippen molar-refractivity contribution >= 4 is 23.0 Å². The van der Waals surface area contributed by atoms with E-state index in [4.69, 9.17) is 9.47 Å². The van der Waals surface area contributed by atoms with E-state index >= 15 is 0 Å². The van der Waals surface area contributed by atoms with Gasteiger partial charge < -0.3 is 25.0 Å². The number of tetrazole rings is 1.